The van der Waals surface area contributed by atoms with E-state index in [0.29, 0.717) is 17.5 Å². The molecule has 2 heterocycles. The van der Waals surface area contributed by atoms with Gasteiger partial charge < -0.3 is 9.32 Å². The maximum absolute atomic E-state index is 6.64. The first kappa shape index (κ1) is 33.4. The second-order valence-electron chi connectivity index (χ2n) is 14.5. The smallest absolute Gasteiger partial charge is 0.164 e. The predicted octanol–water partition coefficient (Wildman–Crippen LogP) is 14.2. The number of benzene rings is 9. The fraction of sp³-hybridized carbons (Fsp3) is 0. The first-order valence-corrected chi connectivity index (χ1v) is 19.4. The van der Waals surface area contributed by atoms with Crippen molar-refractivity contribution in [2.75, 3.05) is 4.90 Å². The molecule has 0 N–H and O–H groups in total. The minimum absolute atomic E-state index is 0.632. The molecule has 11 aromatic rings. The monoisotopic (exact) mass is 742 g/mol. The Balaban J connectivity index is 1.06. The van der Waals surface area contributed by atoms with E-state index in [2.05, 4.69) is 138 Å². The van der Waals surface area contributed by atoms with E-state index in [4.69, 9.17) is 19.4 Å². The lowest BCUT2D eigenvalue weighted by molar-refractivity contribution is 0.669. The minimum atomic E-state index is 0.632. The molecule has 0 unspecified atom stereocenters. The van der Waals surface area contributed by atoms with E-state index in [1.165, 1.54) is 10.8 Å². The normalized spacial score (nSPS) is 11.4. The summed E-state index contributed by atoms with van der Waals surface area (Å²) in [5.41, 5.74) is 9.86. The molecule has 272 valence electrons. The van der Waals surface area contributed by atoms with Crippen LogP contribution in [0.15, 0.2) is 211 Å². The second-order valence-corrected chi connectivity index (χ2v) is 14.5. The number of anilines is 3. The Morgan fingerprint density at radius 3 is 1.57 bits per heavy atom. The highest BCUT2D eigenvalue weighted by Crippen LogP contribution is 2.44. The second kappa shape index (κ2) is 14.0. The molecule has 0 aliphatic rings. The van der Waals surface area contributed by atoms with E-state index in [1.54, 1.807) is 0 Å². The van der Waals surface area contributed by atoms with Crippen molar-refractivity contribution in [2.24, 2.45) is 0 Å². The number of para-hydroxylation sites is 2. The van der Waals surface area contributed by atoms with Gasteiger partial charge in [-0.15, -0.1) is 0 Å². The molecule has 0 spiro atoms. The molecule has 0 amide bonds. The molecule has 0 fully saturated rings. The van der Waals surface area contributed by atoms with Gasteiger partial charge in [0.05, 0.1) is 5.69 Å². The van der Waals surface area contributed by atoms with Crippen LogP contribution < -0.4 is 4.90 Å². The fourth-order valence-electron chi connectivity index (χ4n) is 8.03. The Kier molecular flexibility index (Phi) is 8.07. The number of rotatable bonds is 7. The number of hydrogen-bond donors (Lipinski definition) is 0. The molecule has 0 saturated heterocycles. The molecule has 58 heavy (non-hydrogen) atoms. The Hall–Kier alpha value is -7.89. The van der Waals surface area contributed by atoms with E-state index in [1.807, 2.05) is 72.8 Å². The molecule has 5 nitrogen and oxygen atoms in total. The Bertz CT molecular complexity index is 3230. The lowest BCUT2D eigenvalue weighted by Gasteiger charge is -2.26. The van der Waals surface area contributed by atoms with E-state index >= 15 is 0 Å². The molecular formula is C53H34N4O. The molecule has 0 aliphatic carbocycles. The van der Waals surface area contributed by atoms with Crippen LogP contribution in [0.25, 0.3) is 88.8 Å². The average molecular weight is 743 g/mol. The zero-order valence-corrected chi connectivity index (χ0v) is 31.3. The molecule has 0 saturated carbocycles. The van der Waals surface area contributed by atoms with Crippen LogP contribution >= 0.6 is 0 Å². The first-order chi connectivity index (χ1) is 28.7. The van der Waals surface area contributed by atoms with E-state index in [0.717, 1.165) is 77.6 Å². The van der Waals surface area contributed by atoms with Crippen molar-refractivity contribution in [1.29, 1.82) is 0 Å². The van der Waals surface area contributed by atoms with E-state index < -0.39 is 0 Å². The third-order valence-corrected chi connectivity index (χ3v) is 10.8. The lowest BCUT2D eigenvalue weighted by atomic mass is 9.95. The summed E-state index contributed by atoms with van der Waals surface area (Å²) in [6.07, 6.45) is 0. The van der Waals surface area contributed by atoms with Gasteiger partial charge in [0.2, 0.25) is 0 Å². The first-order valence-electron chi connectivity index (χ1n) is 19.4. The summed E-state index contributed by atoms with van der Waals surface area (Å²) in [6.45, 7) is 0. The van der Waals surface area contributed by atoms with Gasteiger partial charge in [-0.05, 0) is 81.2 Å². The molecule has 0 radical (unpaired) electrons. The number of aromatic nitrogens is 3. The maximum atomic E-state index is 6.64. The number of fused-ring (bicyclic) bond motifs is 5. The van der Waals surface area contributed by atoms with Crippen LogP contribution in [0.3, 0.4) is 0 Å². The van der Waals surface area contributed by atoms with Crippen LogP contribution in [0.4, 0.5) is 17.1 Å². The SMILES string of the molecule is c1ccc(-c2nc(-c3ccccc3)nc(-c3ccc4cc(-c5cc(N(c6ccccc6)c6ccc7ccccc7c6)cc6oc7ccccc7c56)ccc4c3)n2)cc1. The molecular weight excluding hydrogens is 709 g/mol. The van der Waals surface area contributed by atoms with Crippen LogP contribution in [-0.2, 0) is 0 Å². The average Bonchev–Trinajstić information content (AvgIpc) is 3.68. The highest BCUT2D eigenvalue weighted by molar-refractivity contribution is 6.14. The van der Waals surface area contributed by atoms with Crippen molar-refractivity contribution in [3.8, 4) is 45.3 Å². The Labute approximate surface area is 335 Å². The zero-order chi connectivity index (χ0) is 38.4. The molecule has 2 aromatic heterocycles. The van der Waals surface area contributed by atoms with E-state index in [9.17, 15) is 0 Å². The van der Waals surface area contributed by atoms with Crippen LogP contribution in [0.2, 0.25) is 0 Å². The molecule has 9 aromatic carbocycles. The Morgan fingerprint density at radius 2 is 0.862 bits per heavy atom. The number of hydrogen-bond acceptors (Lipinski definition) is 5. The van der Waals surface area contributed by atoms with Gasteiger partial charge in [-0.1, -0.05) is 152 Å². The van der Waals surface area contributed by atoms with Crippen LogP contribution in [-0.4, -0.2) is 15.0 Å². The van der Waals surface area contributed by atoms with Crippen molar-refractivity contribution >= 4 is 60.5 Å². The van der Waals surface area contributed by atoms with Gasteiger partial charge in [0.25, 0.3) is 0 Å². The third-order valence-electron chi connectivity index (χ3n) is 10.8. The van der Waals surface area contributed by atoms with Gasteiger partial charge in [-0.25, -0.2) is 15.0 Å². The number of furan rings is 1. The van der Waals surface area contributed by atoms with E-state index in [-0.39, 0.29) is 0 Å². The van der Waals surface area contributed by atoms with Crippen LogP contribution in [0, 0.1) is 0 Å². The van der Waals surface area contributed by atoms with Crippen molar-refractivity contribution in [3.63, 3.8) is 0 Å². The largest absolute Gasteiger partial charge is 0.456 e. The quantitative estimate of drug-likeness (QED) is 0.163. The Morgan fingerprint density at radius 1 is 0.328 bits per heavy atom. The van der Waals surface area contributed by atoms with Crippen molar-refractivity contribution in [3.05, 3.63) is 206 Å². The zero-order valence-electron chi connectivity index (χ0n) is 31.3. The van der Waals surface area contributed by atoms with Crippen molar-refractivity contribution < 1.29 is 4.42 Å². The minimum Gasteiger partial charge on any atom is -0.456 e. The summed E-state index contributed by atoms with van der Waals surface area (Å²) in [5, 5.41) is 6.78. The van der Waals surface area contributed by atoms with Crippen LogP contribution in [0.1, 0.15) is 0 Å². The third kappa shape index (κ3) is 6.03. The fourth-order valence-corrected chi connectivity index (χ4v) is 8.03. The standard InChI is InChI=1S/C53H34N4O/c1-4-15-36(16-5-1)51-54-52(37-17-6-2-7-18-37)56-53(55-51)42-27-25-39-30-41(26-24-40(39)31-42)47-33-45(34-49-50(47)46-22-12-13-23-48(46)58-49)57(43-20-8-3-9-21-43)44-29-28-35-14-10-11-19-38(35)32-44/h1-34H. The summed E-state index contributed by atoms with van der Waals surface area (Å²) in [6, 6.07) is 71.8. The summed E-state index contributed by atoms with van der Waals surface area (Å²) >= 11 is 0. The van der Waals surface area contributed by atoms with Crippen LogP contribution in [0.5, 0.6) is 0 Å². The topological polar surface area (TPSA) is 55.1 Å². The summed E-state index contributed by atoms with van der Waals surface area (Å²) in [4.78, 5) is 17.2. The van der Waals surface area contributed by atoms with Gasteiger partial charge in [0.15, 0.2) is 17.5 Å². The molecule has 11 rings (SSSR count). The molecule has 0 atom stereocenters. The van der Waals surface area contributed by atoms with Gasteiger partial charge in [-0.2, -0.15) is 0 Å². The predicted molar refractivity (Wildman–Crippen MR) is 239 cm³/mol. The van der Waals surface area contributed by atoms with Crippen molar-refractivity contribution in [1.82, 2.24) is 15.0 Å². The molecule has 5 heteroatoms. The number of nitrogens with zero attached hydrogens (tertiary/aromatic N) is 4. The van der Waals surface area contributed by atoms with Gasteiger partial charge in [0.1, 0.15) is 11.2 Å². The molecule has 0 bridgehead atoms. The summed E-state index contributed by atoms with van der Waals surface area (Å²) in [5.74, 6) is 1.92. The highest BCUT2D eigenvalue weighted by atomic mass is 16.3. The highest BCUT2D eigenvalue weighted by Gasteiger charge is 2.20. The molecule has 0 aliphatic heterocycles. The van der Waals surface area contributed by atoms with Crippen molar-refractivity contribution in [2.45, 2.75) is 0 Å². The maximum Gasteiger partial charge on any atom is 0.164 e. The lowest BCUT2D eigenvalue weighted by Crippen LogP contribution is -2.10. The van der Waals surface area contributed by atoms with Gasteiger partial charge in [0, 0.05) is 44.9 Å². The van der Waals surface area contributed by atoms with Gasteiger partial charge in [-0.3, -0.25) is 0 Å². The summed E-state index contributed by atoms with van der Waals surface area (Å²) in [7, 11) is 0. The van der Waals surface area contributed by atoms with Gasteiger partial charge >= 0.3 is 0 Å². The summed E-state index contributed by atoms with van der Waals surface area (Å²) < 4.78 is 6.64.